The number of fused-ring (bicyclic) bond motifs is 3. The Morgan fingerprint density at radius 1 is 0.397 bits per heavy atom. The molecule has 0 aromatic heterocycles. The maximum Gasteiger partial charge on any atom is 0.174 e. The maximum atomic E-state index is 16.3. The van der Waals surface area contributed by atoms with Gasteiger partial charge in [-0.05, 0) is 76.6 Å². The molecule has 0 saturated heterocycles. The third kappa shape index (κ3) is 6.13. The fourth-order valence-electron chi connectivity index (χ4n) is 9.00. The van der Waals surface area contributed by atoms with Crippen LogP contribution in [-0.2, 0) is 14.5 Å². The van der Waals surface area contributed by atoms with Gasteiger partial charge in [-0.1, -0.05) is 190 Å². The molecule has 0 bridgehead atoms. The second-order valence-corrected chi connectivity index (χ2v) is 20.4. The standard InChI is InChI=1S/C53H44O3P2/c1-3-53(4-2)47-30-18-17-29-45(47)46-35-33-39(37-48(46)53)40-34-36-50(52(38-40)58(55,43-25-13-7-14-26-43)44-27-15-8-16-28-44)56-49-31-19-20-32-51(49)57(54,41-21-9-5-10-22-41)42-23-11-6-12-24-42/h5-38H,3-4H2,1-2H3. The Balaban J connectivity index is 1.26. The number of ether oxygens (including phenoxy) is 1. The van der Waals surface area contributed by atoms with Crippen LogP contribution in [0.4, 0.5) is 0 Å². The fraction of sp³-hybridized carbons (Fsp3) is 0.0943. The van der Waals surface area contributed by atoms with E-state index >= 15 is 9.13 Å². The quantitative estimate of drug-likeness (QED) is 0.123. The van der Waals surface area contributed by atoms with Gasteiger partial charge in [0.2, 0.25) is 0 Å². The molecule has 3 nitrogen and oxygen atoms in total. The van der Waals surface area contributed by atoms with Crippen LogP contribution in [0.5, 0.6) is 11.5 Å². The van der Waals surface area contributed by atoms with Gasteiger partial charge in [0.05, 0.1) is 10.6 Å². The number of hydrogen-bond donors (Lipinski definition) is 0. The molecule has 0 saturated carbocycles. The van der Waals surface area contributed by atoms with Crippen LogP contribution in [0.25, 0.3) is 22.3 Å². The number of hydrogen-bond acceptors (Lipinski definition) is 3. The topological polar surface area (TPSA) is 43.4 Å². The van der Waals surface area contributed by atoms with Crippen molar-refractivity contribution < 1.29 is 13.9 Å². The summed E-state index contributed by atoms with van der Waals surface area (Å²) in [5.41, 5.74) is 7.21. The molecule has 1 aliphatic rings. The molecular weight excluding hydrogens is 747 g/mol. The molecule has 0 unspecified atom stereocenters. The number of rotatable bonds is 11. The largest absolute Gasteiger partial charge is 0.456 e. The predicted octanol–water partition coefficient (Wildman–Crippen LogP) is 11.5. The van der Waals surface area contributed by atoms with Crippen LogP contribution in [0, 0.1) is 0 Å². The average molecular weight is 791 g/mol. The molecule has 8 aromatic rings. The van der Waals surface area contributed by atoms with E-state index in [2.05, 4.69) is 68.4 Å². The lowest BCUT2D eigenvalue weighted by Gasteiger charge is -2.30. The highest BCUT2D eigenvalue weighted by Gasteiger charge is 2.41. The molecular formula is C53H44O3P2. The van der Waals surface area contributed by atoms with Crippen molar-refractivity contribution in [1.82, 2.24) is 0 Å². The second kappa shape index (κ2) is 15.4. The molecule has 0 amide bonds. The van der Waals surface area contributed by atoms with Crippen LogP contribution in [0.2, 0.25) is 0 Å². The Morgan fingerprint density at radius 3 is 1.36 bits per heavy atom. The third-order valence-corrected chi connectivity index (χ3v) is 18.2. The van der Waals surface area contributed by atoms with Crippen molar-refractivity contribution in [2.24, 2.45) is 0 Å². The van der Waals surface area contributed by atoms with E-state index in [-0.39, 0.29) is 5.41 Å². The highest BCUT2D eigenvalue weighted by molar-refractivity contribution is 7.86. The molecule has 0 heterocycles. The van der Waals surface area contributed by atoms with Gasteiger partial charge in [0.1, 0.15) is 11.5 Å². The van der Waals surface area contributed by atoms with Gasteiger partial charge in [-0.2, -0.15) is 0 Å². The highest BCUT2D eigenvalue weighted by atomic mass is 31.2. The molecule has 0 fully saturated rings. The molecule has 0 spiro atoms. The second-order valence-electron chi connectivity index (χ2n) is 14.9. The van der Waals surface area contributed by atoms with Crippen molar-refractivity contribution in [1.29, 1.82) is 0 Å². The Bertz CT molecular complexity index is 2750. The van der Waals surface area contributed by atoms with Crippen LogP contribution in [0.3, 0.4) is 0 Å². The Morgan fingerprint density at radius 2 is 0.810 bits per heavy atom. The summed E-state index contributed by atoms with van der Waals surface area (Å²) in [5, 5.41) is 3.98. The van der Waals surface area contributed by atoms with E-state index in [0.29, 0.717) is 43.3 Å². The minimum Gasteiger partial charge on any atom is -0.456 e. The van der Waals surface area contributed by atoms with E-state index in [4.69, 9.17) is 4.74 Å². The molecule has 0 radical (unpaired) electrons. The van der Waals surface area contributed by atoms with E-state index in [0.717, 1.165) is 24.0 Å². The molecule has 284 valence electrons. The molecule has 1 aliphatic carbocycles. The van der Waals surface area contributed by atoms with Gasteiger partial charge < -0.3 is 13.9 Å². The molecule has 0 N–H and O–H groups in total. The number of para-hydroxylation sites is 1. The third-order valence-electron chi connectivity index (χ3n) is 12.0. The summed E-state index contributed by atoms with van der Waals surface area (Å²) in [5.74, 6) is 0.899. The van der Waals surface area contributed by atoms with Gasteiger partial charge in [0, 0.05) is 26.6 Å². The van der Waals surface area contributed by atoms with E-state index in [1.807, 2.05) is 152 Å². The first-order valence-corrected chi connectivity index (χ1v) is 23.4. The molecule has 5 heteroatoms. The van der Waals surface area contributed by atoms with Crippen LogP contribution in [-0.4, -0.2) is 0 Å². The summed E-state index contributed by atoms with van der Waals surface area (Å²) in [6.07, 6.45) is 1.98. The molecule has 8 aromatic carbocycles. The normalized spacial score (nSPS) is 13.1. The molecule has 9 rings (SSSR count). The lowest BCUT2D eigenvalue weighted by molar-refractivity contribution is 0.489. The summed E-state index contributed by atoms with van der Waals surface area (Å²) in [4.78, 5) is 0. The van der Waals surface area contributed by atoms with E-state index < -0.39 is 14.3 Å². The molecule has 0 aliphatic heterocycles. The molecule has 58 heavy (non-hydrogen) atoms. The van der Waals surface area contributed by atoms with Gasteiger partial charge in [-0.25, -0.2) is 0 Å². The first kappa shape index (κ1) is 37.6. The van der Waals surface area contributed by atoms with Gasteiger partial charge in [0.25, 0.3) is 0 Å². The lowest BCUT2D eigenvalue weighted by Crippen LogP contribution is -2.28. The van der Waals surface area contributed by atoms with Gasteiger partial charge in [0.15, 0.2) is 14.3 Å². The molecule has 0 atom stereocenters. The van der Waals surface area contributed by atoms with Crippen molar-refractivity contribution in [2.75, 3.05) is 0 Å². The zero-order valence-electron chi connectivity index (χ0n) is 32.7. The van der Waals surface area contributed by atoms with Crippen molar-refractivity contribution >= 4 is 46.1 Å². The van der Waals surface area contributed by atoms with Crippen LogP contribution in [0.15, 0.2) is 206 Å². The number of benzene rings is 8. The van der Waals surface area contributed by atoms with E-state index in [9.17, 15) is 0 Å². The van der Waals surface area contributed by atoms with Crippen molar-refractivity contribution in [3.8, 4) is 33.8 Å². The van der Waals surface area contributed by atoms with Crippen LogP contribution in [0.1, 0.15) is 37.8 Å². The Hall–Kier alpha value is -5.98. The van der Waals surface area contributed by atoms with E-state index in [1.165, 1.54) is 22.3 Å². The average Bonchev–Trinajstić information content (AvgIpc) is 3.59. The summed E-state index contributed by atoms with van der Waals surface area (Å²) < 4.78 is 39.1. The van der Waals surface area contributed by atoms with Gasteiger partial charge in [-0.15, -0.1) is 0 Å². The minimum absolute atomic E-state index is 0.0909. The SMILES string of the molecule is CCC1(CC)c2ccccc2-c2ccc(-c3ccc(Oc4ccccc4P(=O)(c4ccccc4)c4ccccc4)c(P(=O)(c4ccccc4)c4ccccc4)c3)cc21. The summed E-state index contributed by atoms with van der Waals surface area (Å²) in [7, 11) is -6.99. The fourth-order valence-corrected chi connectivity index (χ4v) is 14.6. The minimum atomic E-state index is -3.57. The van der Waals surface area contributed by atoms with Crippen molar-refractivity contribution in [2.45, 2.75) is 32.1 Å². The predicted molar refractivity (Wildman–Crippen MR) is 244 cm³/mol. The van der Waals surface area contributed by atoms with E-state index in [1.54, 1.807) is 0 Å². The zero-order chi connectivity index (χ0) is 39.7. The highest BCUT2D eigenvalue weighted by Crippen LogP contribution is 2.54. The summed E-state index contributed by atoms with van der Waals surface area (Å²) in [6.45, 7) is 4.57. The first-order valence-electron chi connectivity index (χ1n) is 20.0. The zero-order valence-corrected chi connectivity index (χ0v) is 34.5. The van der Waals surface area contributed by atoms with Gasteiger partial charge in [-0.3, -0.25) is 0 Å². The Kier molecular flexibility index (Phi) is 9.99. The van der Waals surface area contributed by atoms with Crippen molar-refractivity contribution in [3.63, 3.8) is 0 Å². The maximum absolute atomic E-state index is 16.3. The first-order chi connectivity index (χ1) is 28.4. The smallest absolute Gasteiger partial charge is 0.174 e. The van der Waals surface area contributed by atoms with Crippen molar-refractivity contribution in [3.05, 3.63) is 217 Å². The van der Waals surface area contributed by atoms with Gasteiger partial charge >= 0.3 is 0 Å². The van der Waals surface area contributed by atoms with Crippen LogP contribution < -0.4 is 36.6 Å². The monoisotopic (exact) mass is 790 g/mol. The summed E-state index contributed by atoms with van der Waals surface area (Å²) >= 11 is 0. The van der Waals surface area contributed by atoms with Crippen LogP contribution >= 0.6 is 14.3 Å². The Labute approximate surface area is 341 Å². The lowest BCUT2D eigenvalue weighted by atomic mass is 9.73. The summed E-state index contributed by atoms with van der Waals surface area (Å²) in [6, 6.07) is 67.9.